The second-order valence-electron chi connectivity index (χ2n) is 2.81. The molecule has 0 saturated heterocycles. The Morgan fingerprint density at radius 3 is 2.79 bits per heavy atom. The van der Waals surface area contributed by atoms with Crippen LogP contribution in [0, 0.1) is 0 Å². The molecule has 0 spiro atoms. The minimum absolute atomic E-state index is 0.425. The Morgan fingerprint density at radius 1 is 1.29 bits per heavy atom. The lowest BCUT2D eigenvalue weighted by Gasteiger charge is -2.02. The van der Waals surface area contributed by atoms with Gasteiger partial charge in [0.1, 0.15) is 0 Å². The summed E-state index contributed by atoms with van der Waals surface area (Å²) in [4.78, 5) is 0. The Hall–Kier alpha value is -1.91. The van der Waals surface area contributed by atoms with E-state index in [4.69, 9.17) is 4.74 Å². The minimum Gasteiger partial charge on any atom is -0.466 e. The second-order valence-corrected chi connectivity index (χ2v) is 2.81. The summed E-state index contributed by atoms with van der Waals surface area (Å²) in [6.07, 6.45) is 0. The van der Waals surface area contributed by atoms with E-state index in [1.165, 1.54) is 0 Å². The fourth-order valence-corrected chi connectivity index (χ4v) is 1.20. The zero-order valence-corrected chi connectivity index (χ0v) is 7.79. The van der Waals surface area contributed by atoms with E-state index in [2.05, 4.69) is 15.5 Å². The van der Waals surface area contributed by atoms with Gasteiger partial charge in [-0.2, -0.15) is 4.68 Å². The highest BCUT2D eigenvalue weighted by atomic mass is 16.5. The minimum atomic E-state index is 0.425. The van der Waals surface area contributed by atoms with Gasteiger partial charge in [-0.05, 0) is 16.0 Å². The van der Waals surface area contributed by atoms with Crippen molar-refractivity contribution < 1.29 is 4.74 Å². The summed E-state index contributed by atoms with van der Waals surface area (Å²) >= 11 is 0. The molecule has 1 heterocycles. The highest BCUT2D eigenvalue weighted by Crippen LogP contribution is 2.06. The van der Waals surface area contributed by atoms with Crippen LogP contribution in [0.25, 0.3) is 0 Å². The maximum absolute atomic E-state index is 4.98. The molecule has 1 aromatic carbocycles. The lowest BCUT2D eigenvalue weighted by atomic mass is 10.2. The fourth-order valence-electron chi connectivity index (χ4n) is 1.20. The van der Waals surface area contributed by atoms with E-state index in [0.29, 0.717) is 12.6 Å². The van der Waals surface area contributed by atoms with Gasteiger partial charge < -0.3 is 4.74 Å². The van der Waals surface area contributed by atoms with Gasteiger partial charge in [0.2, 0.25) is 0 Å². The molecule has 5 heteroatoms. The quantitative estimate of drug-likeness (QED) is 0.716. The van der Waals surface area contributed by atoms with Crippen LogP contribution in [0.3, 0.4) is 0 Å². The topological polar surface area (TPSA) is 52.8 Å². The van der Waals surface area contributed by atoms with E-state index in [-0.39, 0.29) is 0 Å². The average molecular weight is 190 g/mol. The number of rotatable bonds is 3. The molecule has 1 aromatic heterocycles. The number of ether oxygens (including phenoxy) is 1. The summed E-state index contributed by atoms with van der Waals surface area (Å²) in [6, 6.07) is 10.4. The zero-order chi connectivity index (χ0) is 9.80. The van der Waals surface area contributed by atoms with Crippen LogP contribution in [0.15, 0.2) is 30.3 Å². The summed E-state index contributed by atoms with van der Waals surface area (Å²) in [7, 11) is 1.55. The normalized spacial score (nSPS) is 10.1. The molecule has 72 valence electrons. The van der Waals surface area contributed by atoms with E-state index in [9.17, 15) is 0 Å². The number of aromatic nitrogens is 4. The summed E-state index contributed by atoms with van der Waals surface area (Å²) < 4.78 is 6.59. The van der Waals surface area contributed by atoms with Crippen molar-refractivity contribution in [1.29, 1.82) is 0 Å². The van der Waals surface area contributed by atoms with Gasteiger partial charge in [-0.25, -0.2) is 0 Å². The van der Waals surface area contributed by atoms with Crippen molar-refractivity contribution >= 4 is 0 Å². The third-order valence-corrected chi connectivity index (χ3v) is 1.86. The number of hydrogen-bond donors (Lipinski definition) is 0. The monoisotopic (exact) mass is 190 g/mol. The number of nitrogens with zero attached hydrogens (tertiary/aromatic N) is 4. The van der Waals surface area contributed by atoms with Crippen LogP contribution in [0.2, 0.25) is 0 Å². The maximum atomic E-state index is 4.98. The standard InChI is InChI=1S/C9H10N4O/c1-14-9-10-11-12-13(9)7-8-5-3-2-4-6-8/h2-6H,7H2,1H3. The first-order valence-corrected chi connectivity index (χ1v) is 4.24. The van der Waals surface area contributed by atoms with Crippen molar-refractivity contribution in [3.05, 3.63) is 35.9 Å². The van der Waals surface area contributed by atoms with Gasteiger partial charge in [0, 0.05) is 0 Å². The first-order chi connectivity index (χ1) is 6.90. The predicted octanol–water partition coefficient (Wildman–Crippen LogP) is 0.730. The number of hydrogen-bond acceptors (Lipinski definition) is 4. The molecule has 0 bridgehead atoms. The lowest BCUT2D eigenvalue weighted by molar-refractivity contribution is 0.352. The van der Waals surface area contributed by atoms with E-state index < -0.39 is 0 Å². The predicted molar refractivity (Wildman–Crippen MR) is 49.9 cm³/mol. The molecule has 0 aliphatic rings. The molecule has 2 aromatic rings. The number of benzene rings is 1. The highest BCUT2D eigenvalue weighted by molar-refractivity contribution is 5.15. The molecule has 0 saturated carbocycles. The molecular weight excluding hydrogens is 180 g/mol. The molecule has 0 radical (unpaired) electrons. The summed E-state index contributed by atoms with van der Waals surface area (Å²) in [5.41, 5.74) is 1.14. The van der Waals surface area contributed by atoms with Crippen molar-refractivity contribution in [2.24, 2.45) is 0 Å². The molecule has 0 fully saturated rings. The Bertz CT molecular complexity index is 398. The SMILES string of the molecule is COc1nnnn1Cc1ccccc1. The molecular formula is C9H10N4O. The van der Waals surface area contributed by atoms with Crippen LogP contribution in [-0.4, -0.2) is 27.3 Å². The van der Waals surface area contributed by atoms with E-state index in [1.807, 2.05) is 30.3 Å². The van der Waals surface area contributed by atoms with Crippen molar-refractivity contribution in [3.63, 3.8) is 0 Å². The van der Waals surface area contributed by atoms with Gasteiger partial charge in [-0.1, -0.05) is 35.4 Å². The van der Waals surface area contributed by atoms with E-state index in [1.54, 1.807) is 11.8 Å². The Morgan fingerprint density at radius 2 is 2.07 bits per heavy atom. The van der Waals surface area contributed by atoms with Gasteiger partial charge in [0.25, 0.3) is 0 Å². The van der Waals surface area contributed by atoms with Crippen LogP contribution >= 0.6 is 0 Å². The Labute approximate surface area is 81.3 Å². The third-order valence-electron chi connectivity index (χ3n) is 1.86. The molecule has 0 unspecified atom stereocenters. The summed E-state index contributed by atoms with van der Waals surface area (Å²) in [5.74, 6) is 0. The van der Waals surface area contributed by atoms with E-state index >= 15 is 0 Å². The Balaban J connectivity index is 2.19. The number of methoxy groups -OCH3 is 1. The molecule has 0 amide bonds. The number of tetrazole rings is 1. The van der Waals surface area contributed by atoms with Crippen LogP contribution in [-0.2, 0) is 6.54 Å². The highest BCUT2D eigenvalue weighted by Gasteiger charge is 2.04. The smallest absolute Gasteiger partial charge is 0.335 e. The van der Waals surface area contributed by atoms with Gasteiger partial charge in [-0.3, -0.25) is 0 Å². The van der Waals surface area contributed by atoms with Crippen LogP contribution < -0.4 is 4.74 Å². The van der Waals surface area contributed by atoms with Crippen molar-refractivity contribution in [3.8, 4) is 6.01 Å². The first-order valence-electron chi connectivity index (χ1n) is 4.24. The van der Waals surface area contributed by atoms with Gasteiger partial charge >= 0.3 is 6.01 Å². The summed E-state index contributed by atoms with van der Waals surface area (Å²) in [5, 5.41) is 11.1. The van der Waals surface area contributed by atoms with Crippen LogP contribution in [0.4, 0.5) is 0 Å². The average Bonchev–Trinajstić information content (AvgIpc) is 2.67. The molecule has 0 N–H and O–H groups in total. The van der Waals surface area contributed by atoms with Crippen molar-refractivity contribution in [2.75, 3.05) is 7.11 Å². The van der Waals surface area contributed by atoms with Crippen molar-refractivity contribution in [1.82, 2.24) is 20.2 Å². The molecule has 5 nitrogen and oxygen atoms in total. The molecule has 2 rings (SSSR count). The largest absolute Gasteiger partial charge is 0.466 e. The van der Waals surface area contributed by atoms with Crippen molar-refractivity contribution in [2.45, 2.75) is 6.54 Å². The summed E-state index contributed by atoms with van der Waals surface area (Å²) in [6.45, 7) is 0.622. The first kappa shape index (κ1) is 8.68. The van der Waals surface area contributed by atoms with Gasteiger partial charge in [0.05, 0.1) is 13.7 Å². The molecule has 0 atom stereocenters. The molecule has 0 aliphatic heterocycles. The van der Waals surface area contributed by atoms with E-state index in [0.717, 1.165) is 5.56 Å². The van der Waals surface area contributed by atoms with Crippen LogP contribution in [0.1, 0.15) is 5.56 Å². The zero-order valence-electron chi connectivity index (χ0n) is 7.79. The fraction of sp³-hybridized carbons (Fsp3) is 0.222. The molecule has 0 aliphatic carbocycles. The maximum Gasteiger partial charge on any atom is 0.335 e. The van der Waals surface area contributed by atoms with Gasteiger partial charge in [-0.15, -0.1) is 0 Å². The Kier molecular flexibility index (Phi) is 2.40. The lowest BCUT2D eigenvalue weighted by Crippen LogP contribution is -2.04. The third kappa shape index (κ3) is 1.71. The second kappa shape index (κ2) is 3.87. The van der Waals surface area contributed by atoms with Crippen LogP contribution in [0.5, 0.6) is 6.01 Å². The van der Waals surface area contributed by atoms with Gasteiger partial charge in [0.15, 0.2) is 0 Å². The molecule has 14 heavy (non-hydrogen) atoms.